The van der Waals surface area contributed by atoms with Crippen LogP contribution < -0.4 is 5.32 Å². The van der Waals surface area contributed by atoms with Gasteiger partial charge in [-0.15, -0.1) is 11.3 Å². The van der Waals surface area contributed by atoms with Gasteiger partial charge in [0.15, 0.2) is 5.13 Å². The fraction of sp³-hybridized carbons (Fsp3) is 0. The number of benzene rings is 1. The molecule has 4 aromatic rings. The van der Waals surface area contributed by atoms with Gasteiger partial charge in [0.25, 0.3) is 5.91 Å². The summed E-state index contributed by atoms with van der Waals surface area (Å²) in [7, 11) is 0. The van der Waals surface area contributed by atoms with Gasteiger partial charge in [0, 0.05) is 34.2 Å². The third kappa shape index (κ3) is 2.77. The van der Waals surface area contributed by atoms with Gasteiger partial charge in [-0.2, -0.15) is 0 Å². The van der Waals surface area contributed by atoms with Crippen LogP contribution >= 0.6 is 22.9 Å². The zero-order valence-electron chi connectivity index (χ0n) is 12.3. The van der Waals surface area contributed by atoms with E-state index in [4.69, 9.17) is 11.6 Å². The first-order valence-corrected chi connectivity index (χ1v) is 8.41. The highest BCUT2D eigenvalue weighted by atomic mass is 35.5. The second-order valence-corrected chi connectivity index (χ2v) is 6.35. The second-order valence-electron chi connectivity index (χ2n) is 5.11. The predicted molar refractivity (Wildman–Crippen MR) is 96.6 cm³/mol. The van der Waals surface area contributed by atoms with E-state index in [1.54, 1.807) is 12.1 Å². The molecule has 0 unspecified atom stereocenters. The average molecular weight is 355 g/mol. The summed E-state index contributed by atoms with van der Waals surface area (Å²) in [6.45, 7) is 0. The van der Waals surface area contributed by atoms with Gasteiger partial charge in [0.2, 0.25) is 0 Å². The van der Waals surface area contributed by atoms with E-state index in [9.17, 15) is 4.79 Å². The molecule has 0 aliphatic carbocycles. The highest BCUT2D eigenvalue weighted by Crippen LogP contribution is 2.31. The topological polar surface area (TPSA) is 70.7 Å². The molecule has 0 spiro atoms. The highest BCUT2D eigenvalue weighted by molar-refractivity contribution is 7.14. The van der Waals surface area contributed by atoms with Crippen LogP contribution in [0, 0.1) is 0 Å². The Morgan fingerprint density at radius 2 is 2.08 bits per heavy atom. The molecule has 0 fully saturated rings. The third-order valence-corrected chi connectivity index (χ3v) is 4.56. The quantitative estimate of drug-likeness (QED) is 0.528. The Balaban J connectivity index is 1.59. The molecule has 1 aromatic carbocycles. The number of hydrogen-bond donors (Lipinski definition) is 2. The first-order valence-electron chi connectivity index (χ1n) is 7.15. The van der Waals surface area contributed by atoms with Gasteiger partial charge in [-0.3, -0.25) is 10.1 Å². The lowest BCUT2D eigenvalue weighted by Crippen LogP contribution is -2.11. The number of carbonyl (C=O) groups excluding carboxylic acids is 1. The number of para-hydroxylation sites is 1. The highest BCUT2D eigenvalue weighted by Gasteiger charge is 2.12. The number of halogens is 1. The molecule has 2 N–H and O–H groups in total. The Morgan fingerprint density at radius 3 is 2.92 bits per heavy atom. The van der Waals surface area contributed by atoms with Crippen LogP contribution in [0.3, 0.4) is 0 Å². The summed E-state index contributed by atoms with van der Waals surface area (Å²) >= 11 is 7.11. The molecule has 0 radical (unpaired) electrons. The fourth-order valence-corrected chi connectivity index (χ4v) is 3.24. The minimum atomic E-state index is -0.265. The summed E-state index contributed by atoms with van der Waals surface area (Å²) in [4.78, 5) is 23.8. The SMILES string of the molecule is O=C(Nc1nc(-c2c[nH]c3ccccc23)cs1)c1ccc(Cl)nc1. The van der Waals surface area contributed by atoms with Crippen molar-refractivity contribution in [2.45, 2.75) is 0 Å². The smallest absolute Gasteiger partial charge is 0.259 e. The number of thiazole rings is 1. The van der Waals surface area contributed by atoms with Crippen LogP contribution in [0.15, 0.2) is 54.2 Å². The molecule has 0 aliphatic heterocycles. The summed E-state index contributed by atoms with van der Waals surface area (Å²) in [5.74, 6) is -0.265. The van der Waals surface area contributed by atoms with Gasteiger partial charge in [-0.25, -0.2) is 9.97 Å². The van der Waals surface area contributed by atoms with Gasteiger partial charge in [-0.1, -0.05) is 29.8 Å². The molecule has 3 aromatic heterocycles. The monoisotopic (exact) mass is 354 g/mol. The molecule has 3 heterocycles. The van der Waals surface area contributed by atoms with E-state index < -0.39 is 0 Å². The number of H-pyrrole nitrogens is 1. The molecule has 24 heavy (non-hydrogen) atoms. The molecule has 0 saturated heterocycles. The van der Waals surface area contributed by atoms with Crippen molar-refractivity contribution in [2.24, 2.45) is 0 Å². The van der Waals surface area contributed by atoms with Crippen molar-refractivity contribution in [2.75, 3.05) is 5.32 Å². The first-order chi connectivity index (χ1) is 11.7. The lowest BCUT2D eigenvalue weighted by Gasteiger charge is -2.01. The molecular weight excluding hydrogens is 344 g/mol. The summed E-state index contributed by atoms with van der Waals surface area (Å²) in [6.07, 6.45) is 3.36. The largest absolute Gasteiger partial charge is 0.360 e. The summed E-state index contributed by atoms with van der Waals surface area (Å²) < 4.78 is 0. The van der Waals surface area contributed by atoms with Crippen LogP contribution in [-0.2, 0) is 0 Å². The number of hydrogen-bond acceptors (Lipinski definition) is 4. The maximum atomic E-state index is 12.2. The summed E-state index contributed by atoms with van der Waals surface area (Å²) in [5.41, 5.74) is 3.32. The van der Waals surface area contributed by atoms with Crippen molar-refractivity contribution in [3.8, 4) is 11.3 Å². The van der Waals surface area contributed by atoms with Crippen molar-refractivity contribution in [1.82, 2.24) is 15.0 Å². The standard InChI is InChI=1S/C17H11ClN4OS/c18-15-6-5-10(7-20-15)16(23)22-17-21-14(9-24-17)12-8-19-13-4-2-1-3-11(12)13/h1-9,19H,(H,21,22,23). The van der Waals surface area contributed by atoms with Crippen LogP contribution in [-0.4, -0.2) is 20.9 Å². The lowest BCUT2D eigenvalue weighted by molar-refractivity contribution is 0.102. The Labute approximate surface area is 146 Å². The van der Waals surface area contributed by atoms with Crippen molar-refractivity contribution in [3.63, 3.8) is 0 Å². The van der Waals surface area contributed by atoms with Crippen LogP contribution in [0.2, 0.25) is 5.15 Å². The van der Waals surface area contributed by atoms with Crippen LogP contribution in [0.25, 0.3) is 22.2 Å². The van der Waals surface area contributed by atoms with E-state index in [2.05, 4.69) is 20.3 Å². The van der Waals surface area contributed by atoms with E-state index in [1.807, 2.05) is 35.8 Å². The minimum absolute atomic E-state index is 0.265. The van der Waals surface area contributed by atoms with Gasteiger partial charge in [-0.05, 0) is 18.2 Å². The van der Waals surface area contributed by atoms with Crippen LogP contribution in [0.4, 0.5) is 5.13 Å². The van der Waals surface area contributed by atoms with Crippen molar-refractivity contribution >= 4 is 44.9 Å². The van der Waals surface area contributed by atoms with E-state index in [0.717, 1.165) is 22.2 Å². The Hall–Kier alpha value is -2.70. The van der Waals surface area contributed by atoms with Gasteiger partial charge >= 0.3 is 0 Å². The van der Waals surface area contributed by atoms with E-state index in [-0.39, 0.29) is 5.91 Å². The number of aromatic nitrogens is 3. The number of anilines is 1. The number of carbonyl (C=O) groups is 1. The number of fused-ring (bicyclic) bond motifs is 1. The molecule has 1 amide bonds. The predicted octanol–water partition coefficient (Wildman–Crippen LogP) is 4.59. The third-order valence-electron chi connectivity index (χ3n) is 3.58. The Kier molecular flexibility index (Phi) is 3.76. The fourth-order valence-electron chi connectivity index (χ4n) is 2.42. The van der Waals surface area contributed by atoms with Gasteiger partial charge in [0.1, 0.15) is 5.15 Å². The van der Waals surface area contributed by atoms with Crippen molar-refractivity contribution < 1.29 is 4.79 Å². The first kappa shape index (κ1) is 14.9. The van der Waals surface area contributed by atoms with Gasteiger partial charge < -0.3 is 4.98 Å². The molecular formula is C17H11ClN4OS. The van der Waals surface area contributed by atoms with E-state index >= 15 is 0 Å². The average Bonchev–Trinajstić information content (AvgIpc) is 3.22. The minimum Gasteiger partial charge on any atom is -0.360 e. The van der Waals surface area contributed by atoms with Crippen molar-refractivity contribution in [1.29, 1.82) is 0 Å². The van der Waals surface area contributed by atoms with Crippen LogP contribution in [0.1, 0.15) is 10.4 Å². The molecule has 118 valence electrons. The zero-order valence-corrected chi connectivity index (χ0v) is 13.9. The molecule has 0 bridgehead atoms. The number of rotatable bonds is 3. The molecule has 0 saturated carbocycles. The maximum absolute atomic E-state index is 12.2. The van der Waals surface area contributed by atoms with E-state index in [0.29, 0.717) is 15.8 Å². The maximum Gasteiger partial charge on any atom is 0.259 e. The zero-order chi connectivity index (χ0) is 16.5. The van der Waals surface area contributed by atoms with E-state index in [1.165, 1.54) is 17.5 Å². The lowest BCUT2D eigenvalue weighted by atomic mass is 10.1. The Bertz CT molecular complexity index is 1020. The number of amides is 1. The summed E-state index contributed by atoms with van der Waals surface area (Å²) in [6, 6.07) is 11.2. The molecule has 7 heteroatoms. The second kappa shape index (κ2) is 6.07. The number of nitrogens with one attached hydrogen (secondary N) is 2. The molecule has 0 aliphatic rings. The number of aromatic amines is 1. The summed E-state index contributed by atoms with van der Waals surface area (Å²) in [5, 5.41) is 6.69. The molecule has 4 rings (SSSR count). The number of nitrogens with zero attached hydrogens (tertiary/aromatic N) is 2. The molecule has 5 nitrogen and oxygen atoms in total. The molecule has 0 atom stereocenters. The van der Waals surface area contributed by atoms with Crippen LogP contribution in [0.5, 0.6) is 0 Å². The normalized spacial score (nSPS) is 10.9. The number of pyridine rings is 1. The van der Waals surface area contributed by atoms with Gasteiger partial charge in [0.05, 0.1) is 11.3 Å². The van der Waals surface area contributed by atoms with Crippen molar-refractivity contribution in [3.05, 3.63) is 64.9 Å². The Morgan fingerprint density at radius 1 is 1.21 bits per heavy atom.